The minimum absolute atomic E-state index is 0.243. The molecule has 0 spiro atoms. The fraction of sp³-hybridized carbons (Fsp3) is 0.500. The van der Waals surface area contributed by atoms with Gasteiger partial charge in [-0.2, -0.15) is 4.91 Å². The molecule has 0 amide bonds. The Morgan fingerprint density at radius 1 is 1.80 bits per heavy atom. The van der Waals surface area contributed by atoms with Crippen LogP contribution in [0, 0.1) is 11.8 Å². The van der Waals surface area contributed by atoms with E-state index in [1.807, 2.05) is 6.92 Å². The van der Waals surface area contributed by atoms with E-state index in [0.717, 1.165) is 10.6 Å². The lowest BCUT2D eigenvalue weighted by Gasteiger charge is -1.96. The van der Waals surface area contributed by atoms with E-state index in [9.17, 15) is 4.91 Å². The highest BCUT2D eigenvalue weighted by molar-refractivity contribution is 7.09. The zero-order chi connectivity index (χ0) is 7.56. The van der Waals surface area contributed by atoms with Crippen molar-refractivity contribution >= 4 is 11.3 Å². The number of aryl methyl sites for hydroxylation is 1. The normalized spacial score (nSPS) is 13.0. The average Bonchev–Trinajstić information content (AvgIpc) is 2.34. The van der Waals surface area contributed by atoms with E-state index in [4.69, 9.17) is 0 Å². The van der Waals surface area contributed by atoms with Crippen LogP contribution in [0.5, 0.6) is 0 Å². The van der Waals surface area contributed by atoms with Gasteiger partial charge in [0.15, 0.2) is 0 Å². The van der Waals surface area contributed by atoms with E-state index in [2.05, 4.69) is 10.2 Å². The van der Waals surface area contributed by atoms with Crippen LogP contribution in [-0.4, -0.2) is 4.98 Å². The summed E-state index contributed by atoms with van der Waals surface area (Å²) in [6.07, 6.45) is 0. The van der Waals surface area contributed by atoms with Crippen LogP contribution < -0.4 is 0 Å². The highest BCUT2D eigenvalue weighted by Gasteiger charge is 2.09. The molecule has 4 heteroatoms. The third-order valence-corrected chi connectivity index (χ3v) is 2.42. The number of hydrogen-bond donors (Lipinski definition) is 0. The van der Waals surface area contributed by atoms with Crippen molar-refractivity contribution in [1.82, 2.24) is 4.98 Å². The van der Waals surface area contributed by atoms with Gasteiger partial charge in [0, 0.05) is 0 Å². The van der Waals surface area contributed by atoms with Gasteiger partial charge in [-0.25, -0.2) is 4.98 Å². The standard InChI is InChI=1S/C6H8N2OS/c1-4-6(5(2)8-9)10-3-7-4/h3,5H,1-2H3. The van der Waals surface area contributed by atoms with E-state index in [0.29, 0.717) is 0 Å². The van der Waals surface area contributed by atoms with E-state index in [1.165, 1.54) is 11.3 Å². The fourth-order valence-corrected chi connectivity index (χ4v) is 1.55. The molecule has 1 aromatic rings. The van der Waals surface area contributed by atoms with Gasteiger partial charge in [-0.15, -0.1) is 11.3 Å². The number of nitroso groups, excluding NO2 is 1. The third-order valence-electron chi connectivity index (χ3n) is 1.32. The molecule has 1 rings (SSSR count). The molecule has 0 aromatic carbocycles. The van der Waals surface area contributed by atoms with Crippen molar-refractivity contribution in [1.29, 1.82) is 0 Å². The maximum atomic E-state index is 10.1. The molecule has 0 aliphatic carbocycles. The summed E-state index contributed by atoms with van der Waals surface area (Å²) in [4.78, 5) is 15.1. The van der Waals surface area contributed by atoms with Gasteiger partial charge in [0.05, 0.1) is 16.1 Å². The summed E-state index contributed by atoms with van der Waals surface area (Å²) in [6.45, 7) is 3.65. The van der Waals surface area contributed by atoms with Crippen LogP contribution in [0.2, 0.25) is 0 Å². The van der Waals surface area contributed by atoms with Gasteiger partial charge in [-0.1, -0.05) is 5.18 Å². The molecule has 1 aromatic heterocycles. The average molecular weight is 156 g/mol. The second-order valence-corrected chi connectivity index (χ2v) is 2.97. The topological polar surface area (TPSA) is 42.3 Å². The van der Waals surface area contributed by atoms with E-state index in [1.54, 1.807) is 12.4 Å². The summed E-state index contributed by atoms with van der Waals surface area (Å²) in [7, 11) is 0. The predicted octanol–water partition coefficient (Wildman–Crippen LogP) is 2.28. The minimum atomic E-state index is -0.243. The summed E-state index contributed by atoms with van der Waals surface area (Å²) in [5.74, 6) is 0. The first kappa shape index (κ1) is 7.34. The third kappa shape index (κ3) is 1.21. The summed E-state index contributed by atoms with van der Waals surface area (Å²) in [6, 6.07) is -0.243. The first-order chi connectivity index (χ1) is 4.75. The molecule has 0 aliphatic rings. The predicted molar refractivity (Wildman–Crippen MR) is 41.1 cm³/mol. The Bertz CT molecular complexity index is 233. The molecule has 1 unspecified atom stereocenters. The highest BCUT2D eigenvalue weighted by Crippen LogP contribution is 2.23. The number of hydrogen-bond acceptors (Lipinski definition) is 4. The maximum absolute atomic E-state index is 10.1. The van der Waals surface area contributed by atoms with Crippen molar-refractivity contribution in [2.75, 3.05) is 0 Å². The molecule has 1 atom stereocenters. The SMILES string of the molecule is Cc1ncsc1C(C)N=O. The minimum Gasteiger partial charge on any atom is -0.250 e. The molecule has 0 fully saturated rings. The quantitative estimate of drug-likeness (QED) is 0.616. The van der Waals surface area contributed by atoms with Gasteiger partial charge in [0.2, 0.25) is 0 Å². The highest BCUT2D eigenvalue weighted by atomic mass is 32.1. The fourth-order valence-electron chi connectivity index (χ4n) is 0.760. The van der Waals surface area contributed by atoms with Crippen LogP contribution in [0.3, 0.4) is 0 Å². The number of aromatic nitrogens is 1. The van der Waals surface area contributed by atoms with E-state index < -0.39 is 0 Å². The van der Waals surface area contributed by atoms with Crippen LogP contribution in [0.15, 0.2) is 10.7 Å². The summed E-state index contributed by atoms with van der Waals surface area (Å²) in [5.41, 5.74) is 2.64. The monoisotopic (exact) mass is 156 g/mol. The Hall–Kier alpha value is -0.770. The molecule has 0 radical (unpaired) electrons. The Morgan fingerprint density at radius 2 is 2.50 bits per heavy atom. The molecule has 0 N–H and O–H groups in total. The van der Waals surface area contributed by atoms with Gasteiger partial charge in [-0.05, 0) is 13.8 Å². The molecule has 10 heavy (non-hydrogen) atoms. The molecule has 0 bridgehead atoms. The molecule has 1 heterocycles. The first-order valence-electron chi connectivity index (χ1n) is 2.98. The van der Waals surface area contributed by atoms with Crippen LogP contribution in [0.4, 0.5) is 0 Å². The maximum Gasteiger partial charge on any atom is 0.125 e. The first-order valence-corrected chi connectivity index (χ1v) is 3.86. The van der Waals surface area contributed by atoms with Crippen molar-refractivity contribution in [3.8, 4) is 0 Å². The Morgan fingerprint density at radius 3 is 2.90 bits per heavy atom. The largest absolute Gasteiger partial charge is 0.250 e. The van der Waals surface area contributed by atoms with E-state index in [-0.39, 0.29) is 6.04 Å². The number of nitrogens with zero attached hydrogens (tertiary/aromatic N) is 2. The molecular formula is C6H8N2OS. The van der Waals surface area contributed by atoms with Crippen molar-refractivity contribution in [2.45, 2.75) is 19.9 Å². The van der Waals surface area contributed by atoms with Crippen LogP contribution in [0.25, 0.3) is 0 Å². The lowest BCUT2D eigenvalue weighted by molar-refractivity contribution is 0.818. The number of thiazole rings is 1. The second-order valence-electron chi connectivity index (χ2n) is 2.08. The molecule has 54 valence electrons. The van der Waals surface area contributed by atoms with Gasteiger partial charge in [-0.3, -0.25) is 0 Å². The van der Waals surface area contributed by atoms with Crippen molar-refractivity contribution in [3.05, 3.63) is 21.0 Å². The Balaban J connectivity index is 2.92. The Kier molecular flexibility index (Phi) is 2.11. The smallest absolute Gasteiger partial charge is 0.125 e. The molecule has 0 saturated heterocycles. The van der Waals surface area contributed by atoms with Crippen LogP contribution in [-0.2, 0) is 0 Å². The van der Waals surface area contributed by atoms with Gasteiger partial charge >= 0.3 is 0 Å². The lowest BCUT2D eigenvalue weighted by atomic mass is 10.2. The Labute approximate surface area is 63.1 Å². The molecular weight excluding hydrogens is 148 g/mol. The molecule has 0 saturated carbocycles. The second kappa shape index (κ2) is 2.88. The summed E-state index contributed by atoms with van der Waals surface area (Å²) < 4.78 is 0. The van der Waals surface area contributed by atoms with E-state index >= 15 is 0 Å². The molecule has 0 aliphatic heterocycles. The van der Waals surface area contributed by atoms with Crippen molar-refractivity contribution in [3.63, 3.8) is 0 Å². The van der Waals surface area contributed by atoms with Crippen molar-refractivity contribution < 1.29 is 0 Å². The van der Waals surface area contributed by atoms with Crippen molar-refractivity contribution in [2.24, 2.45) is 5.18 Å². The lowest BCUT2D eigenvalue weighted by Crippen LogP contribution is -1.86. The van der Waals surface area contributed by atoms with Gasteiger partial charge in [0.1, 0.15) is 6.04 Å². The van der Waals surface area contributed by atoms with Gasteiger partial charge in [0.25, 0.3) is 0 Å². The zero-order valence-electron chi connectivity index (χ0n) is 5.87. The summed E-state index contributed by atoms with van der Waals surface area (Å²) >= 11 is 1.48. The van der Waals surface area contributed by atoms with Gasteiger partial charge < -0.3 is 0 Å². The number of rotatable bonds is 2. The molecule has 3 nitrogen and oxygen atoms in total. The van der Waals surface area contributed by atoms with Crippen LogP contribution in [0.1, 0.15) is 23.5 Å². The van der Waals surface area contributed by atoms with Crippen LogP contribution >= 0.6 is 11.3 Å². The summed E-state index contributed by atoms with van der Waals surface area (Å²) in [5, 5.41) is 2.91. The zero-order valence-corrected chi connectivity index (χ0v) is 6.68.